The molecule has 36 heavy (non-hydrogen) atoms. The maximum Gasteiger partial charge on any atom is 2.00 e. The average Bonchev–Trinajstić information content (AvgIpc) is 2.66. The van der Waals surface area contributed by atoms with Crippen LogP contribution >= 0.6 is 0 Å². The molecule has 0 saturated carbocycles. The van der Waals surface area contributed by atoms with Gasteiger partial charge < -0.3 is 73.4 Å². The number of ether oxygens (including phenoxy) is 6. The number of carboxylic acids is 4. The zero-order valence-electron chi connectivity index (χ0n) is 18.8. The Morgan fingerprint density at radius 3 is 0.722 bits per heavy atom. The van der Waals surface area contributed by atoms with Crippen LogP contribution in [0.5, 0.6) is 0 Å². The number of hydrogen-bond donors (Lipinski definition) is 4. The Kier molecular flexibility index (Phi) is 35.9. The molecule has 0 spiro atoms. The van der Waals surface area contributed by atoms with Gasteiger partial charge in [-0.2, -0.15) is 0 Å². The van der Waals surface area contributed by atoms with Gasteiger partial charge in [-0.1, -0.05) is 0 Å². The minimum Gasteiger partial charge on any atom is -0.693 e. The first-order chi connectivity index (χ1) is 14.3. The SMILES string of the molecule is O=C(O)C1OCCOCCOC(C(=O)O)C(C(=O)O)OCCOCCOC1C(=O)O.[NH2-].[NH2-].[NH2-].[NH2-].[Pt+2].[Pt+2]. The number of aliphatic carboxylic acids is 4. The van der Waals surface area contributed by atoms with Gasteiger partial charge in [0.2, 0.25) is 0 Å². The standard InChI is InChI=1S/C16H24O14.4H2N.2Pt/c17-13(18)9-10(14(19)20)29-7-3-26-4-8-30-12(16(23)24)11(15(21)22)28-6-2-25-1-5-27-9;;;;;;/h9-12H,1-8H2,(H,17,18)(H,19,20)(H,21,22)(H,23,24);4*1H2;;/q;4*-1;2*+2. The summed E-state index contributed by atoms with van der Waals surface area (Å²) >= 11 is 0. The van der Waals surface area contributed by atoms with Gasteiger partial charge in [0.1, 0.15) is 0 Å². The molecule has 18 nitrogen and oxygen atoms in total. The van der Waals surface area contributed by atoms with Crippen LogP contribution in [-0.2, 0) is 89.7 Å². The predicted octanol–water partition coefficient (Wildman–Crippen LogP) is 0.776. The molecule has 4 atom stereocenters. The van der Waals surface area contributed by atoms with Crippen LogP contribution < -0.4 is 0 Å². The topological polar surface area (TPSA) is 339 Å². The zero-order chi connectivity index (χ0) is 22.5. The summed E-state index contributed by atoms with van der Waals surface area (Å²) in [5.41, 5.74) is 0. The Labute approximate surface area is 235 Å². The second-order valence-electron chi connectivity index (χ2n) is 5.74. The van der Waals surface area contributed by atoms with Crippen molar-refractivity contribution < 1.29 is 110 Å². The molecule has 1 saturated heterocycles. The molecule has 1 aliphatic rings. The maximum absolute atomic E-state index is 11.3. The van der Waals surface area contributed by atoms with Crippen molar-refractivity contribution in [1.29, 1.82) is 0 Å². The predicted molar refractivity (Wildman–Crippen MR) is 112 cm³/mol. The summed E-state index contributed by atoms with van der Waals surface area (Å²) in [4.78, 5) is 45.2. The van der Waals surface area contributed by atoms with Crippen molar-refractivity contribution >= 4 is 23.9 Å². The van der Waals surface area contributed by atoms with E-state index in [-0.39, 0.29) is 120 Å². The van der Waals surface area contributed by atoms with Crippen molar-refractivity contribution in [3.05, 3.63) is 24.6 Å². The molecule has 20 heteroatoms. The molecule has 0 bridgehead atoms. The summed E-state index contributed by atoms with van der Waals surface area (Å²) in [7, 11) is 0. The minimum absolute atomic E-state index is 0. The van der Waals surface area contributed by atoms with Crippen molar-refractivity contribution in [2.24, 2.45) is 0 Å². The third-order valence-corrected chi connectivity index (χ3v) is 3.62. The number of nitrogens with two attached hydrogens (primary N) is 4. The van der Waals surface area contributed by atoms with Crippen molar-refractivity contribution in [2.75, 3.05) is 52.9 Å². The molecule has 0 aromatic carbocycles. The molecule has 1 fully saturated rings. The molecule has 0 aliphatic carbocycles. The van der Waals surface area contributed by atoms with Crippen molar-refractivity contribution in [1.82, 2.24) is 0 Å². The van der Waals surface area contributed by atoms with Crippen LogP contribution in [-0.4, -0.2) is 122 Å². The molecule has 1 rings (SSSR count). The van der Waals surface area contributed by atoms with Gasteiger partial charge in [-0.05, 0) is 0 Å². The monoisotopic (exact) mass is 894 g/mol. The first-order valence-corrected chi connectivity index (χ1v) is 8.78. The zero-order valence-corrected chi connectivity index (χ0v) is 23.3. The normalized spacial score (nSPS) is 23.8. The van der Waals surface area contributed by atoms with E-state index in [4.69, 9.17) is 28.4 Å². The Morgan fingerprint density at radius 1 is 0.417 bits per heavy atom. The summed E-state index contributed by atoms with van der Waals surface area (Å²) < 4.78 is 30.3. The maximum atomic E-state index is 11.3. The molecule has 4 unspecified atom stereocenters. The van der Waals surface area contributed by atoms with Crippen LogP contribution in [0.4, 0.5) is 0 Å². The van der Waals surface area contributed by atoms with E-state index in [1.807, 2.05) is 0 Å². The molecule has 1 heterocycles. The fraction of sp³-hybridized carbons (Fsp3) is 0.750. The van der Waals surface area contributed by atoms with Gasteiger partial charge in [-0.25, -0.2) is 19.2 Å². The fourth-order valence-electron chi connectivity index (χ4n) is 2.29. The van der Waals surface area contributed by atoms with Crippen molar-refractivity contribution in [2.45, 2.75) is 24.4 Å². The third-order valence-electron chi connectivity index (χ3n) is 3.62. The van der Waals surface area contributed by atoms with Crippen LogP contribution in [0, 0.1) is 0 Å². The van der Waals surface area contributed by atoms with E-state index < -0.39 is 48.3 Å². The molecule has 220 valence electrons. The summed E-state index contributed by atoms with van der Waals surface area (Å²) in [5.74, 6) is -6.17. The molecule has 1 aliphatic heterocycles. The summed E-state index contributed by atoms with van der Waals surface area (Å²) in [5, 5.41) is 36.7. The van der Waals surface area contributed by atoms with E-state index in [1.165, 1.54) is 0 Å². The number of hydrogen-bond acceptors (Lipinski definition) is 10. The summed E-state index contributed by atoms with van der Waals surface area (Å²) in [6.45, 7) is -1.88. The number of carbonyl (C=O) groups is 4. The van der Waals surface area contributed by atoms with Gasteiger partial charge in [0.05, 0.1) is 52.9 Å². The van der Waals surface area contributed by atoms with E-state index in [1.54, 1.807) is 0 Å². The van der Waals surface area contributed by atoms with Gasteiger partial charge in [0.25, 0.3) is 0 Å². The fourth-order valence-corrected chi connectivity index (χ4v) is 2.29. The van der Waals surface area contributed by atoms with Crippen molar-refractivity contribution in [3.63, 3.8) is 0 Å². The van der Waals surface area contributed by atoms with E-state index >= 15 is 0 Å². The Balaban J connectivity index is -0.000000375. The first-order valence-electron chi connectivity index (χ1n) is 8.78. The quantitative estimate of drug-likeness (QED) is 0.303. The Morgan fingerprint density at radius 2 is 0.583 bits per heavy atom. The second kappa shape index (κ2) is 26.9. The van der Waals surface area contributed by atoms with Crippen LogP contribution in [0.15, 0.2) is 0 Å². The van der Waals surface area contributed by atoms with Gasteiger partial charge in [0, 0.05) is 0 Å². The van der Waals surface area contributed by atoms with E-state index in [0.29, 0.717) is 0 Å². The smallest absolute Gasteiger partial charge is 0.693 e. The summed E-state index contributed by atoms with van der Waals surface area (Å²) in [6, 6.07) is 0. The van der Waals surface area contributed by atoms with Gasteiger partial charge >= 0.3 is 66.0 Å². The van der Waals surface area contributed by atoms with Crippen LogP contribution in [0.1, 0.15) is 0 Å². The van der Waals surface area contributed by atoms with E-state index in [0.717, 1.165) is 0 Å². The average molecular weight is 895 g/mol. The van der Waals surface area contributed by atoms with Crippen molar-refractivity contribution in [3.8, 4) is 0 Å². The van der Waals surface area contributed by atoms with Crippen LogP contribution in [0.2, 0.25) is 0 Å². The Hall–Kier alpha value is -1.14. The summed E-state index contributed by atoms with van der Waals surface area (Å²) in [6.07, 6.45) is -7.18. The second-order valence-corrected chi connectivity index (χ2v) is 5.74. The molecular formula is C16H32N4O14Pt2. The van der Waals surface area contributed by atoms with E-state index in [2.05, 4.69) is 0 Å². The molecule has 0 radical (unpaired) electrons. The minimum atomic E-state index is -1.79. The van der Waals surface area contributed by atoms with Crippen LogP contribution in [0.3, 0.4) is 0 Å². The third kappa shape index (κ3) is 18.2. The Bertz CT molecular complexity index is 509. The van der Waals surface area contributed by atoms with Gasteiger partial charge in [-0.3, -0.25) is 0 Å². The molecular weight excluding hydrogens is 862 g/mol. The molecule has 12 N–H and O–H groups in total. The van der Waals surface area contributed by atoms with Gasteiger partial charge in [-0.15, -0.1) is 0 Å². The molecule has 0 aromatic heterocycles. The number of carboxylic acid groups (broad SMARTS) is 4. The van der Waals surface area contributed by atoms with E-state index in [9.17, 15) is 39.6 Å². The van der Waals surface area contributed by atoms with Gasteiger partial charge in [0.15, 0.2) is 24.4 Å². The van der Waals surface area contributed by atoms with Crippen LogP contribution in [0.25, 0.3) is 24.6 Å². The first kappa shape index (κ1) is 48.0. The molecule has 0 amide bonds. The largest absolute Gasteiger partial charge is 2.00 e. The molecule has 0 aromatic rings. The number of rotatable bonds is 4.